The summed E-state index contributed by atoms with van der Waals surface area (Å²) in [7, 11) is 1.89. The first kappa shape index (κ1) is 16.8. The number of amides is 1. The normalized spacial score (nSPS) is 21.1. The molecule has 0 saturated carbocycles. The fourth-order valence-corrected chi connectivity index (χ4v) is 3.24. The van der Waals surface area contributed by atoms with E-state index in [0.717, 1.165) is 16.8 Å². The zero-order chi connectivity index (χ0) is 17.6. The zero-order valence-corrected chi connectivity index (χ0v) is 14.8. The van der Waals surface area contributed by atoms with Crippen LogP contribution in [0, 0.1) is 12.7 Å². The average Bonchev–Trinajstić information content (AvgIpc) is 2.96. The van der Waals surface area contributed by atoms with Gasteiger partial charge in [0, 0.05) is 24.9 Å². The molecule has 0 saturated heterocycles. The Morgan fingerprint density at radius 3 is 2.71 bits per heavy atom. The number of halogens is 1. The summed E-state index contributed by atoms with van der Waals surface area (Å²) in [5.74, 6) is -0.233. The summed E-state index contributed by atoms with van der Waals surface area (Å²) in [5.41, 5.74) is 6.33. The first-order chi connectivity index (χ1) is 11.2. The maximum Gasteiger partial charge on any atom is 0.410 e. The van der Waals surface area contributed by atoms with Gasteiger partial charge in [-0.1, -0.05) is 17.7 Å². The van der Waals surface area contributed by atoms with Gasteiger partial charge >= 0.3 is 6.09 Å². The lowest BCUT2D eigenvalue weighted by molar-refractivity contribution is 0.0283. The van der Waals surface area contributed by atoms with Crippen LogP contribution in [0.5, 0.6) is 0 Å². The van der Waals surface area contributed by atoms with Gasteiger partial charge in [-0.25, -0.2) is 14.2 Å². The van der Waals surface area contributed by atoms with E-state index in [1.165, 1.54) is 6.07 Å². The predicted molar refractivity (Wildman–Crippen MR) is 89.6 cm³/mol. The van der Waals surface area contributed by atoms with Crippen LogP contribution in [0.3, 0.4) is 0 Å². The molecule has 6 heteroatoms. The van der Waals surface area contributed by atoms with Crippen LogP contribution in [0.2, 0.25) is 0 Å². The number of nitrogens with one attached hydrogen (secondary N) is 1. The van der Waals surface area contributed by atoms with E-state index >= 15 is 0 Å². The van der Waals surface area contributed by atoms with Gasteiger partial charge in [0.05, 0.1) is 12.6 Å². The highest BCUT2D eigenvalue weighted by molar-refractivity contribution is 5.70. The third kappa shape index (κ3) is 3.11. The Balaban J connectivity index is 1.82. The molecule has 0 aromatic heterocycles. The minimum Gasteiger partial charge on any atom is -0.444 e. The molecule has 3 rings (SSSR count). The van der Waals surface area contributed by atoms with Gasteiger partial charge in [-0.05, 0) is 39.3 Å². The van der Waals surface area contributed by atoms with E-state index in [0.29, 0.717) is 18.7 Å². The molecule has 2 heterocycles. The van der Waals surface area contributed by atoms with Crippen LogP contribution < -0.4 is 5.43 Å². The topological polar surface area (TPSA) is 44.8 Å². The number of hydrogen-bond acceptors (Lipinski definition) is 4. The summed E-state index contributed by atoms with van der Waals surface area (Å²) in [6.45, 7) is 8.39. The molecule has 1 N–H and O–H groups in total. The van der Waals surface area contributed by atoms with E-state index in [2.05, 4.69) is 5.43 Å². The molecule has 2 aliphatic rings. The number of hydrogen-bond donors (Lipinski definition) is 1. The molecule has 2 aliphatic heterocycles. The molecule has 1 aromatic carbocycles. The van der Waals surface area contributed by atoms with Gasteiger partial charge in [0.15, 0.2) is 0 Å². The smallest absolute Gasteiger partial charge is 0.410 e. The number of likely N-dealkylation sites (N-methyl/N-ethyl adjacent to an activating group) is 1. The maximum absolute atomic E-state index is 14.3. The lowest BCUT2D eigenvalue weighted by Gasteiger charge is -2.29. The largest absolute Gasteiger partial charge is 0.444 e. The Morgan fingerprint density at radius 1 is 1.33 bits per heavy atom. The molecule has 24 heavy (non-hydrogen) atoms. The quantitative estimate of drug-likeness (QED) is 0.858. The molecule has 1 amide bonds. The Morgan fingerprint density at radius 2 is 2.04 bits per heavy atom. The van der Waals surface area contributed by atoms with Crippen molar-refractivity contribution in [1.29, 1.82) is 0 Å². The molecule has 0 fully saturated rings. The molecule has 130 valence electrons. The summed E-state index contributed by atoms with van der Waals surface area (Å²) in [6.07, 6.45) is -0.343. The third-order valence-electron chi connectivity index (χ3n) is 4.22. The van der Waals surface area contributed by atoms with Crippen LogP contribution in [-0.2, 0) is 4.74 Å². The lowest BCUT2D eigenvalue weighted by atomic mass is 9.97. The monoisotopic (exact) mass is 333 g/mol. The Labute approximate surface area is 142 Å². The van der Waals surface area contributed by atoms with Crippen LogP contribution in [0.1, 0.15) is 37.9 Å². The molecule has 0 radical (unpaired) electrons. The van der Waals surface area contributed by atoms with Crippen LogP contribution in [0.15, 0.2) is 29.5 Å². The summed E-state index contributed by atoms with van der Waals surface area (Å²) >= 11 is 0. The number of benzene rings is 1. The van der Waals surface area contributed by atoms with Crippen LogP contribution in [0.4, 0.5) is 9.18 Å². The second-order valence-corrected chi connectivity index (χ2v) is 7.49. The van der Waals surface area contributed by atoms with Gasteiger partial charge in [-0.2, -0.15) is 0 Å². The fourth-order valence-electron chi connectivity index (χ4n) is 3.24. The van der Waals surface area contributed by atoms with Crippen molar-refractivity contribution in [3.63, 3.8) is 0 Å². The van der Waals surface area contributed by atoms with Crippen LogP contribution >= 0.6 is 0 Å². The van der Waals surface area contributed by atoms with Gasteiger partial charge in [-0.15, -0.1) is 0 Å². The van der Waals surface area contributed by atoms with Crippen molar-refractivity contribution in [1.82, 2.24) is 15.3 Å². The van der Waals surface area contributed by atoms with Crippen LogP contribution in [0.25, 0.3) is 0 Å². The fraction of sp³-hybridized carbons (Fsp3) is 0.500. The minimum absolute atomic E-state index is 0.215. The number of carbonyl (C=O) groups is 1. The van der Waals surface area contributed by atoms with Crippen molar-refractivity contribution in [3.05, 3.63) is 46.4 Å². The highest BCUT2D eigenvalue weighted by atomic mass is 19.1. The molecule has 0 spiro atoms. The van der Waals surface area contributed by atoms with Gasteiger partial charge in [0.1, 0.15) is 11.4 Å². The van der Waals surface area contributed by atoms with Crippen molar-refractivity contribution in [2.24, 2.45) is 0 Å². The molecule has 5 nitrogen and oxygen atoms in total. The number of aryl methyl sites for hydroxylation is 1. The molecular weight excluding hydrogens is 309 g/mol. The number of carbonyl (C=O) groups excluding carboxylic acids is 1. The summed E-state index contributed by atoms with van der Waals surface area (Å²) in [5, 5.41) is 1.90. The van der Waals surface area contributed by atoms with Crippen molar-refractivity contribution < 1.29 is 13.9 Å². The van der Waals surface area contributed by atoms with Gasteiger partial charge in [0.2, 0.25) is 0 Å². The summed E-state index contributed by atoms with van der Waals surface area (Å²) < 4.78 is 19.8. The van der Waals surface area contributed by atoms with Crippen molar-refractivity contribution >= 4 is 6.09 Å². The van der Waals surface area contributed by atoms with E-state index in [4.69, 9.17) is 4.74 Å². The van der Waals surface area contributed by atoms with Gasteiger partial charge in [-0.3, -0.25) is 4.90 Å². The van der Waals surface area contributed by atoms with Crippen LogP contribution in [-0.4, -0.2) is 41.7 Å². The second kappa shape index (κ2) is 5.77. The Kier molecular flexibility index (Phi) is 4.03. The summed E-state index contributed by atoms with van der Waals surface area (Å²) in [4.78, 5) is 13.9. The maximum atomic E-state index is 14.3. The Bertz CT molecular complexity index is 709. The first-order valence-electron chi connectivity index (χ1n) is 8.11. The second-order valence-electron chi connectivity index (χ2n) is 7.49. The standard InChI is InChI=1S/C18H24FN3O2/c1-11-6-7-14(19)12(8-11)16-13-9-22(10-15(13)20-21(16)5)17(23)24-18(2,3)4/h6-8,16,20H,9-10H2,1-5H3. The average molecular weight is 333 g/mol. The van der Waals surface area contributed by atoms with Crippen molar-refractivity contribution in [3.8, 4) is 0 Å². The SMILES string of the molecule is Cc1ccc(F)c(C2C3=C(CN(C(=O)OC(C)(C)C)C3)NN2C)c1. The highest BCUT2D eigenvalue weighted by Crippen LogP contribution is 2.38. The zero-order valence-electron chi connectivity index (χ0n) is 14.8. The number of ether oxygens (including phenoxy) is 1. The highest BCUT2D eigenvalue weighted by Gasteiger charge is 2.40. The van der Waals surface area contributed by atoms with E-state index in [-0.39, 0.29) is 18.0 Å². The van der Waals surface area contributed by atoms with E-state index in [9.17, 15) is 9.18 Å². The number of rotatable bonds is 1. The van der Waals surface area contributed by atoms with Crippen molar-refractivity contribution in [2.45, 2.75) is 39.3 Å². The molecule has 0 aliphatic carbocycles. The molecule has 0 bridgehead atoms. The third-order valence-corrected chi connectivity index (χ3v) is 4.22. The van der Waals surface area contributed by atoms with Gasteiger partial charge < -0.3 is 10.2 Å². The Hall–Kier alpha value is -2.08. The molecule has 1 atom stereocenters. The first-order valence-corrected chi connectivity index (χ1v) is 8.11. The van der Waals surface area contributed by atoms with E-state index in [1.807, 2.05) is 45.8 Å². The van der Waals surface area contributed by atoms with Gasteiger partial charge in [0.25, 0.3) is 0 Å². The van der Waals surface area contributed by atoms with E-state index < -0.39 is 5.60 Å². The summed E-state index contributed by atoms with van der Waals surface area (Å²) in [6, 6.07) is 4.91. The number of hydrazine groups is 1. The lowest BCUT2D eigenvalue weighted by Crippen LogP contribution is -2.41. The number of nitrogens with zero attached hydrogens (tertiary/aromatic N) is 2. The molecule has 1 unspecified atom stereocenters. The molecule has 1 aromatic rings. The minimum atomic E-state index is -0.531. The van der Waals surface area contributed by atoms with E-state index in [1.54, 1.807) is 11.0 Å². The molecular formula is C18H24FN3O2. The van der Waals surface area contributed by atoms with Crippen molar-refractivity contribution in [2.75, 3.05) is 20.1 Å². The predicted octanol–water partition coefficient (Wildman–Crippen LogP) is 3.13.